The minimum atomic E-state index is -0.587. The second-order valence-corrected chi connectivity index (χ2v) is 5.72. The van der Waals surface area contributed by atoms with E-state index in [0.717, 1.165) is 19.3 Å². The van der Waals surface area contributed by atoms with Crippen molar-refractivity contribution in [2.24, 2.45) is 11.7 Å². The molecule has 1 saturated carbocycles. The highest BCUT2D eigenvalue weighted by Gasteiger charge is 2.32. The summed E-state index contributed by atoms with van der Waals surface area (Å²) in [6, 6.07) is 2.70. The number of hydrogen-bond acceptors (Lipinski definition) is 2. The van der Waals surface area contributed by atoms with Crippen molar-refractivity contribution in [3.8, 4) is 0 Å². The average Bonchev–Trinajstić information content (AvgIpc) is 2.19. The third-order valence-corrected chi connectivity index (χ3v) is 4.42. The van der Waals surface area contributed by atoms with E-state index in [1.807, 2.05) is 0 Å². The van der Waals surface area contributed by atoms with E-state index in [2.05, 4.69) is 0 Å². The normalized spacial score (nSPS) is 18.7. The third kappa shape index (κ3) is 3.24. The summed E-state index contributed by atoms with van der Waals surface area (Å²) in [5.74, 6) is 0.263. The molecule has 0 saturated heterocycles. The van der Waals surface area contributed by atoms with E-state index in [-0.39, 0.29) is 18.3 Å². The first-order chi connectivity index (χ1) is 8.00. The van der Waals surface area contributed by atoms with Crippen LogP contribution in [0.5, 0.6) is 0 Å². The molecule has 2 nitrogen and oxygen atoms in total. The number of aliphatic hydroxyl groups is 1. The predicted octanol–water partition coefficient (Wildman–Crippen LogP) is 4.23. The van der Waals surface area contributed by atoms with Gasteiger partial charge in [0.15, 0.2) is 0 Å². The van der Waals surface area contributed by atoms with Crippen LogP contribution in [0.3, 0.4) is 0 Å². The second kappa shape index (κ2) is 6.65. The molecule has 102 valence electrons. The largest absolute Gasteiger partial charge is 0.391 e. The molecule has 2 atom stereocenters. The van der Waals surface area contributed by atoms with Gasteiger partial charge in [-0.25, -0.2) is 0 Å². The van der Waals surface area contributed by atoms with E-state index in [4.69, 9.17) is 40.5 Å². The van der Waals surface area contributed by atoms with Crippen LogP contribution in [0, 0.1) is 5.92 Å². The van der Waals surface area contributed by atoms with E-state index in [1.165, 1.54) is 0 Å². The summed E-state index contributed by atoms with van der Waals surface area (Å²) in [7, 11) is 0. The zero-order chi connectivity index (χ0) is 12.6. The van der Waals surface area contributed by atoms with Crippen LogP contribution < -0.4 is 5.73 Å². The summed E-state index contributed by atoms with van der Waals surface area (Å²) in [4.78, 5) is 0. The number of nitrogens with two attached hydrogens (primary N) is 1. The van der Waals surface area contributed by atoms with Crippen LogP contribution in [-0.2, 0) is 0 Å². The van der Waals surface area contributed by atoms with Gasteiger partial charge in [0.2, 0.25) is 0 Å². The number of benzene rings is 1. The van der Waals surface area contributed by atoms with Gasteiger partial charge >= 0.3 is 0 Å². The maximum atomic E-state index is 10.1. The first-order valence-corrected chi connectivity index (χ1v) is 6.72. The fourth-order valence-electron chi connectivity index (χ4n) is 2.08. The fraction of sp³-hybridized carbons (Fsp3) is 0.500. The Hall–Kier alpha value is 0.300. The Kier molecular flexibility index (Phi) is 6.04. The lowest BCUT2D eigenvalue weighted by Gasteiger charge is -2.34. The predicted molar refractivity (Wildman–Crippen MR) is 79.0 cm³/mol. The molecule has 0 heterocycles. The van der Waals surface area contributed by atoms with Crippen molar-refractivity contribution >= 4 is 47.2 Å². The van der Waals surface area contributed by atoms with Gasteiger partial charge in [-0.05, 0) is 36.5 Å². The SMILES string of the molecule is Cl.N[C@@H](c1cc(Cl)cc(Cl)c1Cl)[C@H](O)C1CCC1. The van der Waals surface area contributed by atoms with Crippen molar-refractivity contribution < 1.29 is 5.11 Å². The molecule has 18 heavy (non-hydrogen) atoms. The first-order valence-electron chi connectivity index (χ1n) is 5.59. The highest BCUT2D eigenvalue weighted by Crippen LogP contribution is 2.38. The van der Waals surface area contributed by atoms with Crippen molar-refractivity contribution in [2.45, 2.75) is 31.4 Å². The lowest BCUT2D eigenvalue weighted by molar-refractivity contribution is 0.0414. The zero-order valence-corrected chi connectivity index (χ0v) is 12.7. The Morgan fingerprint density at radius 2 is 1.83 bits per heavy atom. The van der Waals surface area contributed by atoms with E-state index in [1.54, 1.807) is 12.1 Å². The van der Waals surface area contributed by atoms with Gasteiger partial charge in [-0.1, -0.05) is 41.2 Å². The molecule has 0 spiro atoms. The Bertz CT molecular complexity index is 423. The number of halogens is 4. The van der Waals surface area contributed by atoms with Crippen LogP contribution in [-0.4, -0.2) is 11.2 Å². The minimum Gasteiger partial charge on any atom is -0.391 e. The maximum absolute atomic E-state index is 10.1. The first kappa shape index (κ1) is 16.4. The van der Waals surface area contributed by atoms with Crippen LogP contribution in [0.2, 0.25) is 15.1 Å². The van der Waals surface area contributed by atoms with Gasteiger partial charge < -0.3 is 10.8 Å². The van der Waals surface area contributed by atoms with Crippen molar-refractivity contribution in [2.75, 3.05) is 0 Å². The van der Waals surface area contributed by atoms with Crippen molar-refractivity contribution in [1.82, 2.24) is 0 Å². The molecule has 0 unspecified atom stereocenters. The molecule has 2 rings (SSSR count). The Balaban J connectivity index is 0.00000162. The van der Waals surface area contributed by atoms with Crippen molar-refractivity contribution in [1.29, 1.82) is 0 Å². The number of aliphatic hydroxyl groups excluding tert-OH is 1. The number of rotatable bonds is 3. The lowest BCUT2D eigenvalue weighted by Crippen LogP contribution is -2.36. The molecule has 3 N–H and O–H groups in total. The van der Waals surface area contributed by atoms with Crippen molar-refractivity contribution in [3.63, 3.8) is 0 Å². The zero-order valence-electron chi connectivity index (χ0n) is 9.57. The van der Waals surface area contributed by atoms with E-state index in [9.17, 15) is 5.11 Å². The molecule has 6 heteroatoms. The van der Waals surface area contributed by atoms with Gasteiger partial charge in [0.05, 0.1) is 22.2 Å². The van der Waals surface area contributed by atoms with Crippen LogP contribution in [0.25, 0.3) is 0 Å². The molecule has 1 aromatic rings. The van der Waals surface area contributed by atoms with Gasteiger partial charge in [-0.15, -0.1) is 12.4 Å². The van der Waals surface area contributed by atoms with E-state index in [0.29, 0.717) is 20.6 Å². The molecule has 1 aliphatic rings. The Morgan fingerprint density at radius 3 is 2.33 bits per heavy atom. The molecule has 1 aliphatic carbocycles. The summed E-state index contributed by atoms with van der Waals surface area (Å²) in [6.45, 7) is 0. The van der Waals surface area contributed by atoms with Crippen LogP contribution in [0.15, 0.2) is 12.1 Å². The number of hydrogen-bond donors (Lipinski definition) is 2. The maximum Gasteiger partial charge on any atom is 0.0761 e. The molecular formula is C12H15Cl4NO. The van der Waals surface area contributed by atoms with E-state index >= 15 is 0 Å². The van der Waals surface area contributed by atoms with Crippen molar-refractivity contribution in [3.05, 3.63) is 32.8 Å². The van der Waals surface area contributed by atoms with Crippen LogP contribution in [0.4, 0.5) is 0 Å². The Morgan fingerprint density at radius 1 is 1.22 bits per heavy atom. The highest BCUT2D eigenvalue weighted by molar-refractivity contribution is 6.43. The summed E-state index contributed by atoms with van der Waals surface area (Å²) < 4.78 is 0. The molecule has 0 radical (unpaired) electrons. The van der Waals surface area contributed by atoms with Crippen LogP contribution >= 0.6 is 47.2 Å². The molecule has 1 fully saturated rings. The fourth-order valence-corrected chi connectivity index (χ4v) is 2.82. The average molecular weight is 331 g/mol. The molecule has 0 amide bonds. The smallest absolute Gasteiger partial charge is 0.0761 e. The lowest BCUT2D eigenvalue weighted by atomic mass is 9.77. The highest BCUT2D eigenvalue weighted by atomic mass is 35.5. The van der Waals surface area contributed by atoms with Gasteiger partial charge in [-0.3, -0.25) is 0 Å². The monoisotopic (exact) mass is 329 g/mol. The minimum absolute atomic E-state index is 0. The standard InChI is InChI=1S/C12H14Cl3NO.ClH/c13-7-4-8(10(15)9(14)5-7)11(16)12(17)6-2-1-3-6;/h4-6,11-12,17H,1-3,16H2;1H/t11-,12+;/m0./s1. The van der Waals surface area contributed by atoms with Gasteiger partial charge in [-0.2, -0.15) is 0 Å². The molecule has 1 aromatic carbocycles. The molecule has 0 aromatic heterocycles. The summed E-state index contributed by atoms with van der Waals surface area (Å²) >= 11 is 17.9. The van der Waals surface area contributed by atoms with Gasteiger partial charge in [0.25, 0.3) is 0 Å². The quantitative estimate of drug-likeness (QED) is 0.815. The second-order valence-electron chi connectivity index (χ2n) is 4.50. The third-order valence-electron chi connectivity index (χ3n) is 3.38. The van der Waals surface area contributed by atoms with E-state index < -0.39 is 12.1 Å². The van der Waals surface area contributed by atoms with Gasteiger partial charge in [0.1, 0.15) is 0 Å². The summed E-state index contributed by atoms with van der Waals surface area (Å²) in [5.41, 5.74) is 6.65. The molecular weight excluding hydrogens is 316 g/mol. The summed E-state index contributed by atoms with van der Waals surface area (Å²) in [5, 5.41) is 11.3. The Labute approximate surface area is 128 Å². The van der Waals surface area contributed by atoms with Crippen LogP contribution in [0.1, 0.15) is 30.9 Å². The molecule has 0 aliphatic heterocycles. The van der Waals surface area contributed by atoms with Gasteiger partial charge in [0, 0.05) is 5.02 Å². The topological polar surface area (TPSA) is 46.2 Å². The summed E-state index contributed by atoms with van der Waals surface area (Å²) in [6.07, 6.45) is 2.59. The molecule has 0 bridgehead atoms.